The van der Waals surface area contributed by atoms with Gasteiger partial charge in [0, 0.05) is 14.1 Å². The Labute approximate surface area is 131 Å². The molecule has 0 amide bonds. The molecule has 0 radical (unpaired) electrons. The number of hydrogen-bond donors (Lipinski definition) is 0. The second kappa shape index (κ2) is 7.13. The summed E-state index contributed by atoms with van der Waals surface area (Å²) >= 11 is 0. The summed E-state index contributed by atoms with van der Waals surface area (Å²) in [7, 11) is -0.636. The third-order valence-electron chi connectivity index (χ3n) is 2.56. The molecule has 1 unspecified atom stereocenters. The Bertz CT molecular complexity index is 586. The molecule has 0 aliphatic carbocycles. The molecular weight excluding hydrogens is 277 g/mol. The zero-order valence-corrected chi connectivity index (χ0v) is 13.0. The SMILES string of the molecule is Cc1cc(S(=O)(=O)N(C)C)ccc1OC(C)C(=O)[O-].[Li+]. The van der Waals surface area contributed by atoms with Crippen molar-refractivity contribution in [3.05, 3.63) is 23.8 Å². The van der Waals surface area contributed by atoms with Crippen molar-refractivity contribution >= 4 is 16.0 Å². The predicted molar refractivity (Wildman–Crippen MR) is 67.1 cm³/mol. The van der Waals surface area contributed by atoms with Crippen LogP contribution in [0.2, 0.25) is 0 Å². The number of nitrogens with zero attached hydrogens (tertiary/aromatic N) is 1. The van der Waals surface area contributed by atoms with Crippen molar-refractivity contribution in [2.75, 3.05) is 14.1 Å². The van der Waals surface area contributed by atoms with Gasteiger partial charge in [-0.3, -0.25) is 0 Å². The van der Waals surface area contributed by atoms with Gasteiger partial charge in [0.25, 0.3) is 0 Å². The molecule has 1 atom stereocenters. The number of hydrogen-bond acceptors (Lipinski definition) is 5. The van der Waals surface area contributed by atoms with Gasteiger partial charge in [-0.25, -0.2) is 12.7 Å². The van der Waals surface area contributed by atoms with Gasteiger partial charge in [0.2, 0.25) is 10.0 Å². The molecule has 8 heteroatoms. The number of ether oxygens (including phenoxy) is 1. The van der Waals surface area contributed by atoms with Gasteiger partial charge in [-0.1, -0.05) is 0 Å². The third-order valence-corrected chi connectivity index (χ3v) is 4.37. The molecule has 0 spiro atoms. The van der Waals surface area contributed by atoms with Gasteiger partial charge in [-0.15, -0.1) is 0 Å². The van der Waals surface area contributed by atoms with Gasteiger partial charge in [0.05, 0.1) is 10.9 Å². The van der Waals surface area contributed by atoms with Crippen LogP contribution in [0.15, 0.2) is 23.1 Å². The van der Waals surface area contributed by atoms with Crippen molar-refractivity contribution < 1.29 is 41.9 Å². The van der Waals surface area contributed by atoms with Crippen LogP contribution in [0.1, 0.15) is 12.5 Å². The number of aryl methyl sites for hydroxylation is 1. The summed E-state index contributed by atoms with van der Waals surface area (Å²) in [4.78, 5) is 10.7. The number of benzene rings is 1. The number of carboxylic acid groups (broad SMARTS) is 1. The fraction of sp³-hybridized carbons (Fsp3) is 0.417. The predicted octanol–water partition coefficient (Wildman–Crippen LogP) is -3.23. The van der Waals surface area contributed by atoms with E-state index < -0.39 is 22.1 Å². The van der Waals surface area contributed by atoms with Crippen molar-refractivity contribution in [1.82, 2.24) is 4.31 Å². The van der Waals surface area contributed by atoms with Crippen LogP contribution in [0.5, 0.6) is 5.75 Å². The minimum Gasteiger partial charge on any atom is -0.546 e. The summed E-state index contributed by atoms with van der Waals surface area (Å²) in [6, 6.07) is 4.25. The summed E-state index contributed by atoms with van der Waals surface area (Å²) < 4.78 is 30.1. The first-order valence-electron chi connectivity index (χ1n) is 5.57. The molecule has 0 saturated carbocycles. The summed E-state index contributed by atoms with van der Waals surface area (Å²) in [6.07, 6.45) is -1.10. The van der Waals surface area contributed by atoms with Crippen LogP contribution in [0.3, 0.4) is 0 Å². The minimum atomic E-state index is -3.51. The van der Waals surface area contributed by atoms with Crippen LogP contribution in [-0.2, 0) is 14.8 Å². The first-order valence-corrected chi connectivity index (χ1v) is 7.01. The molecule has 0 aliphatic rings. The molecule has 0 fully saturated rings. The van der Waals surface area contributed by atoms with E-state index in [0.29, 0.717) is 11.3 Å². The van der Waals surface area contributed by atoms with Crippen molar-refractivity contribution in [3.63, 3.8) is 0 Å². The van der Waals surface area contributed by atoms with E-state index in [0.717, 1.165) is 4.31 Å². The Kier molecular flexibility index (Phi) is 6.78. The molecule has 0 aliphatic heterocycles. The fourth-order valence-electron chi connectivity index (χ4n) is 1.36. The van der Waals surface area contributed by atoms with E-state index in [4.69, 9.17) is 4.74 Å². The first-order chi connectivity index (χ1) is 8.66. The molecule has 0 bridgehead atoms. The van der Waals surface area contributed by atoms with Gasteiger partial charge in [0.1, 0.15) is 11.9 Å². The topological polar surface area (TPSA) is 86.7 Å². The van der Waals surface area contributed by atoms with E-state index in [-0.39, 0.29) is 23.8 Å². The third kappa shape index (κ3) is 4.25. The van der Waals surface area contributed by atoms with E-state index >= 15 is 0 Å². The summed E-state index contributed by atoms with van der Waals surface area (Å²) in [6.45, 7) is 2.99. The van der Waals surface area contributed by atoms with Gasteiger partial charge >= 0.3 is 18.9 Å². The fourth-order valence-corrected chi connectivity index (χ4v) is 2.35. The Balaban J connectivity index is 0.00000361. The zero-order chi connectivity index (χ0) is 14.8. The molecule has 1 aromatic carbocycles. The van der Waals surface area contributed by atoms with Crippen LogP contribution in [-0.4, -0.2) is 38.9 Å². The van der Waals surface area contributed by atoms with E-state index in [1.165, 1.54) is 39.2 Å². The smallest absolute Gasteiger partial charge is 0.546 e. The minimum absolute atomic E-state index is 0. The second-order valence-electron chi connectivity index (χ2n) is 4.29. The maximum Gasteiger partial charge on any atom is 1.00 e. The Morgan fingerprint density at radius 2 is 1.90 bits per heavy atom. The van der Waals surface area contributed by atoms with Crippen LogP contribution in [0.4, 0.5) is 0 Å². The molecule has 0 aromatic heterocycles. The Morgan fingerprint density at radius 3 is 2.30 bits per heavy atom. The molecule has 0 saturated heterocycles. The molecule has 1 rings (SSSR count). The van der Waals surface area contributed by atoms with Crippen LogP contribution in [0.25, 0.3) is 0 Å². The number of sulfonamides is 1. The standard InChI is InChI=1S/C12H17NO5S.Li/c1-8-7-10(19(16,17)13(3)4)5-6-11(8)18-9(2)12(14)15;/h5-7,9H,1-4H3,(H,14,15);/q;+1/p-1. The van der Waals surface area contributed by atoms with Crippen LogP contribution in [0, 0.1) is 6.92 Å². The molecule has 0 N–H and O–H groups in total. The normalized spacial score (nSPS) is 12.7. The van der Waals surface area contributed by atoms with Crippen molar-refractivity contribution in [1.29, 1.82) is 0 Å². The molecule has 6 nitrogen and oxygen atoms in total. The van der Waals surface area contributed by atoms with Gasteiger partial charge in [-0.05, 0) is 37.6 Å². The van der Waals surface area contributed by atoms with Gasteiger partial charge < -0.3 is 14.6 Å². The van der Waals surface area contributed by atoms with Crippen molar-refractivity contribution in [3.8, 4) is 5.75 Å². The van der Waals surface area contributed by atoms with E-state index in [9.17, 15) is 18.3 Å². The quantitative estimate of drug-likeness (QED) is 0.533. The van der Waals surface area contributed by atoms with Gasteiger partial charge in [-0.2, -0.15) is 0 Å². The van der Waals surface area contributed by atoms with Crippen LogP contribution < -0.4 is 28.7 Å². The number of carbonyl (C=O) groups excluding carboxylic acids is 1. The molecule has 20 heavy (non-hydrogen) atoms. The van der Waals surface area contributed by atoms with E-state index in [1.807, 2.05) is 0 Å². The van der Waals surface area contributed by atoms with Crippen LogP contribution >= 0.6 is 0 Å². The summed E-state index contributed by atoms with van der Waals surface area (Å²) in [5, 5.41) is 10.6. The van der Waals surface area contributed by atoms with Gasteiger partial charge in [0.15, 0.2) is 0 Å². The first kappa shape index (κ1) is 19.0. The number of rotatable bonds is 5. The van der Waals surface area contributed by atoms with Crippen molar-refractivity contribution in [2.45, 2.75) is 24.8 Å². The average Bonchev–Trinajstić information content (AvgIpc) is 2.30. The largest absolute Gasteiger partial charge is 1.00 e. The van der Waals surface area contributed by atoms with Crippen molar-refractivity contribution in [2.24, 2.45) is 0 Å². The number of carboxylic acids is 1. The molecule has 106 valence electrons. The molecular formula is C12H16LiNO5S. The second-order valence-corrected chi connectivity index (χ2v) is 6.45. The number of aliphatic carboxylic acids is 1. The average molecular weight is 293 g/mol. The number of carbonyl (C=O) groups is 1. The Hall–Kier alpha value is -1.00. The van der Waals surface area contributed by atoms with E-state index in [1.54, 1.807) is 6.92 Å². The molecule has 1 aromatic rings. The summed E-state index contributed by atoms with van der Waals surface area (Å²) in [5.41, 5.74) is 0.538. The zero-order valence-electron chi connectivity index (χ0n) is 12.2. The summed E-state index contributed by atoms with van der Waals surface area (Å²) in [5.74, 6) is -1.02. The van der Waals surface area contributed by atoms with E-state index in [2.05, 4.69) is 0 Å². The molecule has 0 heterocycles. The Morgan fingerprint density at radius 1 is 1.35 bits per heavy atom. The monoisotopic (exact) mass is 293 g/mol. The maximum atomic E-state index is 11.9. The maximum absolute atomic E-state index is 11.9.